The fourth-order valence-corrected chi connectivity index (χ4v) is 2.32. The van der Waals surface area contributed by atoms with Gasteiger partial charge in [0.25, 0.3) is 0 Å². The third-order valence-electron chi connectivity index (χ3n) is 3.42. The Labute approximate surface area is 115 Å². The molecule has 19 heavy (non-hydrogen) atoms. The number of nitrogens with one attached hydrogen (secondary N) is 1. The van der Waals surface area contributed by atoms with E-state index in [1.807, 2.05) is 0 Å². The monoisotopic (exact) mass is 257 g/mol. The Hall–Kier alpha value is -1.54. The Kier molecular flexibility index (Phi) is 4.80. The van der Waals surface area contributed by atoms with Crippen LogP contribution in [0.3, 0.4) is 0 Å². The first kappa shape index (κ1) is 13.9. The summed E-state index contributed by atoms with van der Waals surface area (Å²) in [4.78, 5) is 0. The quantitative estimate of drug-likeness (QED) is 0.842. The number of hydrogen-bond acceptors (Lipinski definition) is 2. The molecule has 0 aliphatic carbocycles. The Balaban J connectivity index is 2.32. The summed E-state index contributed by atoms with van der Waals surface area (Å²) in [7, 11) is 0. The first-order valence-electron chi connectivity index (χ1n) is 7.19. The lowest BCUT2D eigenvalue weighted by atomic mass is 10.0. The number of rotatable bonds is 6. The largest absolute Gasteiger partial charge is 0.464 e. The molecule has 2 aromatic rings. The van der Waals surface area contributed by atoms with Gasteiger partial charge in [0, 0.05) is 6.42 Å². The van der Waals surface area contributed by atoms with Gasteiger partial charge in [-0.25, -0.2) is 0 Å². The normalized spacial score (nSPS) is 12.6. The summed E-state index contributed by atoms with van der Waals surface area (Å²) in [6.45, 7) is 7.34. The molecule has 0 radical (unpaired) electrons. The third kappa shape index (κ3) is 3.27. The molecule has 1 unspecified atom stereocenters. The summed E-state index contributed by atoms with van der Waals surface area (Å²) < 4.78 is 5.91. The van der Waals surface area contributed by atoms with E-state index in [0.717, 1.165) is 30.9 Å². The molecule has 0 saturated carbocycles. The van der Waals surface area contributed by atoms with E-state index in [1.165, 1.54) is 11.1 Å². The van der Waals surface area contributed by atoms with Crippen LogP contribution in [0, 0.1) is 0 Å². The first-order chi connectivity index (χ1) is 9.28. The molecular formula is C17H23NO. The Morgan fingerprint density at radius 1 is 1.05 bits per heavy atom. The van der Waals surface area contributed by atoms with Crippen LogP contribution in [-0.2, 0) is 12.8 Å². The van der Waals surface area contributed by atoms with Gasteiger partial charge in [0.05, 0.1) is 6.04 Å². The zero-order valence-electron chi connectivity index (χ0n) is 12.1. The molecule has 0 aliphatic heterocycles. The summed E-state index contributed by atoms with van der Waals surface area (Å²) in [5, 5.41) is 3.51. The third-order valence-corrected chi connectivity index (χ3v) is 3.42. The van der Waals surface area contributed by atoms with Crippen LogP contribution in [0.1, 0.15) is 49.5 Å². The average molecular weight is 257 g/mol. The van der Waals surface area contributed by atoms with Gasteiger partial charge in [0.1, 0.15) is 11.5 Å². The van der Waals surface area contributed by atoms with Crippen molar-refractivity contribution in [1.82, 2.24) is 5.32 Å². The van der Waals surface area contributed by atoms with Crippen molar-refractivity contribution in [2.45, 2.75) is 39.7 Å². The molecule has 1 heterocycles. The first-order valence-corrected chi connectivity index (χ1v) is 7.19. The van der Waals surface area contributed by atoms with E-state index >= 15 is 0 Å². The van der Waals surface area contributed by atoms with Gasteiger partial charge in [0.2, 0.25) is 0 Å². The van der Waals surface area contributed by atoms with Crippen molar-refractivity contribution >= 4 is 0 Å². The maximum Gasteiger partial charge on any atom is 0.125 e. The van der Waals surface area contributed by atoms with Crippen LogP contribution in [0.5, 0.6) is 0 Å². The molecule has 2 rings (SSSR count). The highest BCUT2D eigenvalue weighted by atomic mass is 16.3. The van der Waals surface area contributed by atoms with E-state index < -0.39 is 0 Å². The van der Waals surface area contributed by atoms with Crippen molar-refractivity contribution in [2.75, 3.05) is 6.54 Å². The Bertz CT molecular complexity index is 515. The van der Waals surface area contributed by atoms with Crippen LogP contribution in [-0.4, -0.2) is 6.54 Å². The average Bonchev–Trinajstić information content (AvgIpc) is 2.93. The maximum atomic E-state index is 5.91. The minimum absolute atomic E-state index is 0.150. The number of hydrogen-bond donors (Lipinski definition) is 1. The number of furan rings is 1. The lowest BCUT2D eigenvalue weighted by molar-refractivity contribution is 0.426. The highest BCUT2D eigenvalue weighted by Gasteiger charge is 2.16. The van der Waals surface area contributed by atoms with Gasteiger partial charge in [-0.2, -0.15) is 0 Å². The topological polar surface area (TPSA) is 25.2 Å². The van der Waals surface area contributed by atoms with Crippen LogP contribution in [0.15, 0.2) is 40.8 Å². The molecule has 2 nitrogen and oxygen atoms in total. The van der Waals surface area contributed by atoms with Crippen molar-refractivity contribution in [3.8, 4) is 0 Å². The van der Waals surface area contributed by atoms with E-state index in [2.05, 4.69) is 62.5 Å². The van der Waals surface area contributed by atoms with Crippen LogP contribution >= 0.6 is 0 Å². The van der Waals surface area contributed by atoms with Crippen LogP contribution in [0.4, 0.5) is 0 Å². The lowest BCUT2D eigenvalue weighted by Crippen LogP contribution is -2.21. The Morgan fingerprint density at radius 3 is 2.53 bits per heavy atom. The minimum atomic E-state index is 0.150. The Morgan fingerprint density at radius 2 is 1.89 bits per heavy atom. The molecule has 0 amide bonds. The second-order valence-corrected chi connectivity index (χ2v) is 4.75. The molecule has 0 saturated heterocycles. The van der Waals surface area contributed by atoms with Crippen molar-refractivity contribution in [3.05, 3.63) is 59.0 Å². The second-order valence-electron chi connectivity index (χ2n) is 4.75. The van der Waals surface area contributed by atoms with E-state index in [1.54, 1.807) is 0 Å². The minimum Gasteiger partial charge on any atom is -0.464 e. The van der Waals surface area contributed by atoms with Gasteiger partial charge >= 0.3 is 0 Å². The zero-order valence-corrected chi connectivity index (χ0v) is 12.1. The van der Waals surface area contributed by atoms with Crippen LogP contribution in [0.25, 0.3) is 0 Å². The predicted molar refractivity (Wildman–Crippen MR) is 79.4 cm³/mol. The van der Waals surface area contributed by atoms with Crippen molar-refractivity contribution in [2.24, 2.45) is 0 Å². The molecule has 0 fully saturated rings. The van der Waals surface area contributed by atoms with Gasteiger partial charge in [-0.15, -0.1) is 0 Å². The van der Waals surface area contributed by atoms with Crippen molar-refractivity contribution in [1.29, 1.82) is 0 Å². The standard InChI is InChI=1S/C17H23NO/c1-4-13-8-7-9-14(12-13)17(18-6-3)16-11-10-15(5-2)19-16/h7-12,17-18H,4-6H2,1-3H3. The second kappa shape index (κ2) is 6.58. The summed E-state index contributed by atoms with van der Waals surface area (Å²) in [6, 6.07) is 13.0. The molecule has 0 aliphatic rings. The highest BCUT2D eigenvalue weighted by molar-refractivity contribution is 5.31. The molecule has 1 N–H and O–H groups in total. The van der Waals surface area contributed by atoms with E-state index in [9.17, 15) is 0 Å². The van der Waals surface area contributed by atoms with Gasteiger partial charge in [0.15, 0.2) is 0 Å². The highest BCUT2D eigenvalue weighted by Crippen LogP contribution is 2.25. The lowest BCUT2D eigenvalue weighted by Gasteiger charge is -2.17. The fraction of sp³-hybridized carbons (Fsp3) is 0.412. The predicted octanol–water partition coefficient (Wildman–Crippen LogP) is 4.10. The zero-order chi connectivity index (χ0) is 13.7. The van der Waals surface area contributed by atoms with Gasteiger partial charge in [-0.3, -0.25) is 0 Å². The van der Waals surface area contributed by atoms with Crippen molar-refractivity contribution in [3.63, 3.8) is 0 Å². The molecule has 1 aromatic heterocycles. The molecule has 0 bridgehead atoms. The number of aryl methyl sites for hydroxylation is 2. The summed E-state index contributed by atoms with van der Waals surface area (Å²) in [5.41, 5.74) is 2.64. The SMILES string of the molecule is CCNC(c1cccc(CC)c1)c1ccc(CC)o1. The summed E-state index contributed by atoms with van der Waals surface area (Å²) >= 11 is 0. The van der Waals surface area contributed by atoms with Gasteiger partial charge in [-0.1, -0.05) is 45.0 Å². The molecule has 1 aromatic carbocycles. The maximum absolute atomic E-state index is 5.91. The fourth-order valence-electron chi connectivity index (χ4n) is 2.32. The van der Waals surface area contributed by atoms with E-state index in [-0.39, 0.29) is 6.04 Å². The van der Waals surface area contributed by atoms with Crippen LogP contribution in [0.2, 0.25) is 0 Å². The van der Waals surface area contributed by atoms with E-state index in [0.29, 0.717) is 0 Å². The summed E-state index contributed by atoms with van der Waals surface area (Å²) in [5.74, 6) is 2.05. The smallest absolute Gasteiger partial charge is 0.125 e. The van der Waals surface area contributed by atoms with Gasteiger partial charge in [-0.05, 0) is 36.2 Å². The molecule has 0 spiro atoms. The number of benzene rings is 1. The van der Waals surface area contributed by atoms with E-state index in [4.69, 9.17) is 4.42 Å². The van der Waals surface area contributed by atoms with Gasteiger partial charge < -0.3 is 9.73 Å². The summed E-state index contributed by atoms with van der Waals surface area (Å²) in [6.07, 6.45) is 2.00. The van der Waals surface area contributed by atoms with Crippen LogP contribution < -0.4 is 5.32 Å². The molecule has 102 valence electrons. The molecular weight excluding hydrogens is 234 g/mol. The molecule has 2 heteroatoms. The van der Waals surface area contributed by atoms with Crippen molar-refractivity contribution < 1.29 is 4.42 Å². The molecule has 1 atom stereocenters.